The maximum Gasteiger partial charge on any atom is 0.118 e. The summed E-state index contributed by atoms with van der Waals surface area (Å²) in [6, 6.07) is 7.77. The molecule has 0 spiro atoms. The zero-order valence-corrected chi connectivity index (χ0v) is 12.0. The molecule has 110 valence electrons. The van der Waals surface area contributed by atoms with Crippen LogP contribution in [0.4, 0.5) is 0 Å². The van der Waals surface area contributed by atoms with Gasteiger partial charge in [0.1, 0.15) is 24.1 Å². The molecule has 0 aliphatic carbocycles. The Morgan fingerprint density at radius 1 is 1.35 bits per heavy atom. The number of methoxy groups -OCH3 is 1. The van der Waals surface area contributed by atoms with Crippen molar-refractivity contribution in [2.24, 2.45) is 0 Å². The zero-order chi connectivity index (χ0) is 14.4. The van der Waals surface area contributed by atoms with E-state index in [1.807, 2.05) is 37.3 Å². The van der Waals surface area contributed by atoms with Crippen LogP contribution in [0.5, 0.6) is 5.75 Å². The first-order valence-corrected chi connectivity index (χ1v) is 6.95. The second-order valence-electron chi connectivity index (χ2n) is 4.83. The predicted molar refractivity (Wildman–Crippen MR) is 76.7 cm³/mol. The summed E-state index contributed by atoms with van der Waals surface area (Å²) in [7, 11) is 1.65. The first-order valence-electron chi connectivity index (χ1n) is 6.95. The first kappa shape index (κ1) is 15.0. The van der Waals surface area contributed by atoms with Gasteiger partial charge in [0.15, 0.2) is 0 Å². The summed E-state index contributed by atoms with van der Waals surface area (Å²) >= 11 is 0. The van der Waals surface area contributed by atoms with Gasteiger partial charge in [0.25, 0.3) is 0 Å². The maximum absolute atomic E-state index is 9.78. The number of hydrogen-bond donors (Lipinski definition) is 1. The average molecular weight is 278 g/mol. The molecule has 0 amide bonds. The summed E-state index contributed by atoms with van der Waals surface area (Å²) in [5, 5.41) is 9.78. The molecule has 1 N–H and O–H groups in total. The highest BCUT2D eigenvalue weighted by atomic mass is 16.6. The molecule has 1 aromatic carbocycles. The molecular formula is C16H22O4. The van der Waals surface area contributed by atoms with Crippen LogP contribution in [-0.2, 0) is 16.1 Å². The Hall–Kier alpha value is -1.36. The SMILES string of the molecule is CC/C=C/[C@@H](O)[C@H]1O[C@@H]1COCc1ccc(OC)cc1. The molecule has 0 unspecified atom stereocenters. The van der Waals surface area contributed by atoms with E-state index < -0.39 is 6.10 Å². The Kier molecular flexibility index (Phi) is 5.59. The Balaban J connectivity index is 1.66. The largest absolute Gasteiger partial charge is 0.497 e. The molecule has 1 aromatic rings. The van der Waals surface area contributed by atoms with Gasteiger partial charge in [0, 0.05) is 0 Å². The van der Waals surface area contributed by atoms with Gasteiger partial charge in [0.05, 0.1) is 20.3 Å². The fraction of sp³-hybridized carbons (Fsp3) is 0.500. The number of epoxide rings is 1. The lowest BCUT2D eigenvalue weighted by Gasteiger charge is -2.04. The molecule has 1 saturated heterocycles. The molecular weight excluding hydrogens is 256 g/mol. The minimum Gasteiger partial charge on any atom is -0.497 e. The van der Waals surface area contributed by atoms with Crippen LogP contribution in [0.3, 0.4) is 0 Å². The normalized spacial score (nSPS) is 22.9. The van der Waals surface area contributed by atoms with Crippen molar-refractivity contribution in [2.45, 2.75) is 38.3 Å². The van der Waals surface area contributed by atoms with Gasteiger partial charge in [-0.25, -0.2) is 0 Å². The third-order valence-electron chi connectivity index (χ3n) is 3.24. The standard InChI is InChI=1S/C16H22O4/c1-3-4-5-14(17)16-15(20-16)11-19-10-12-6-8-13(18-2)9-7-12/h4-9,14-17H,3,10-11H2,1-2H3/b5-4+/t14-,15-,16-/m1/s1. The molecule has 0 bridgehead atoms. The van der Waals surface area contributed by atoms with Crippen molar-refractivity contribution < 1.29 is 19.3 Å². The highest BCUT2D eigenvalue weighted by Crippen LogP contribution is 2.26. The Bertz CT molecular complexity index is 427. The van der Waals surface area contributed by atoms with E-state index >= 15 is 0 Å². The van der Waals surface area contributed by atoms with Crippen LogP contribution in [0.25, 0.3) is 0 Å². The molecule has 3 atom stereocenters. The third kappa shape index (κ3) is 4.34. The van der Waals surface area contributed by atoms with E-state index in [4.69, 9.17) is 14.2 Å². The smallest absolute Gasteiger partial charge is 0.118 e. The molecule has 4 nitrogen and oxygen atoms in total. The van der Waals surface area contributed by atoms with Gasteiger partial charge in [-0.2, -0.15) is 0 Å². The van der Waals surface area contributed by atoms with Gasteiger partial charge in [-0.3, -0.25) is 0 Å². The van der Waals surface area contributed by atoms with E-state index in [-0.39, 0.29) is 12.2 Å². The van der Waals surface area contributed by atoms with Gasteiger partial charge >= 0.3 is 0 Å². The van der Waals surface area contributed by atoms with Crippen molar-refractivity contribution in [2.75, 3.05) is 13.7 Å². The third-order valence-corrected chi connectivity index (χ3v) is 3.24. The number of aliphatic hydroxyl groups excluding tert-OH is 1. The van der Waals surface area contributed by atoms with Crippen LogP contribution in [-0.4, -0.2) is 37.1 Å². The van der Waals surface area contributed by atoms with Crippen molar-refractivity contribution in [1.82, 2.24) is 0 Å². The van der Waals surface area contributed by atoms with E-state index in [0.717, 1.165) is 17.7 Å². The van der Waals surface area contributed by atoms with E-state index in [1.165, 1.54) is 0 Å². The number of benzene rings is 1. The van der Waals surface area contributed by atoms with E-state index in [1.54, 1.807) is 13.2 Å². The van der Waals surface area contributed by atoms with Crippen molar-refractivity contribution in [3.8, 4) is 5.75 Å². The molecule has 1 heterocycles. The molecule has 4 heteroatoms. The van der Waals surface area contributed by atoms with Gasteiger partial charge in [-0.1, -0.05) is 31.2 Å². The van der Waals surface area contributed by atoms with Crippen molar-refractivity contribution >= 4 is 0 Å². The summed E-state index contributed by atoms with van der Waals surface area (Å²) in [6.45, 7) is 3.08. The second kappa shape index (κ2) is 7.43. The van der Waals surface area contributed by atoms with Gasteiger partial charge in [-0.15, -0.1) is 0 Å². The molecule has 2 rings (SSSR count). The average Bonchev–Trinajstić information content (AvgIpc) is 3.25. The zero-order valence-electron chi connectivity index (χ0n) is 12.0. The van der Waals surface area contributed by atoms with Crippen molar-refractivity contribution in [1.29, 1.82) is 0 Å². The fourth-order valence-corrected chi connectivity index (χ4v) is 1.99. The topological polar surface area (TPSA) is 51.2 Å². The predicted octanol–water partition coefficient (Wildman–Crippen LogP) is 2.31. The van der Waals surface area contributed by atoms with Gasteiger partial charge in [0.2, 0.25) is 0 Å². The van der Waals surface area contributed by atoms with Gasteiger partial charge < -0.3 is 19.3 Å². The summed E-state index contributed by atoms with van der Waals surface area (Å²) in [4.78, 5) is 0. The molecule has 0 aromatic heterocycles. The molecule has 1 fully saturated rings. The van der Waals surface area contributed by atoms with Crippen LogP contribution in [0.15, 0.2) is 36.4 Å². The van der Waals surface area contributed by atoms with Crippen LogP contribution in [0.1, 0.15) is 18.9 Å². The number of rotatable bonds is 8. The molecule has 20 heavy (non-hydrogen) atoms. The van der Waals surface area contributed by atoms with Crippen LogP contribution < -0.4 is 4.74 Å². The highest BCUT2D eigenvalue weighted by molar-refractivity contribution is 5.26. The van der Waals surface area contributed by atoms with Crippen LogP contribution in [0.2, 0.25) is 0 Å². The summed E-state index contributed by atoms with van der Waals surface area (Å²) in [6.07, 6.45) is 4.01. The lowest BCUT2D eigenvalue weighted by Crippen LogP contribution is -2.16. The Morgan fingerprint density at radius 3 is 2.75 bits per heavy atom. The monoisotopic (exact) mass is 278 g/mol. The quantitative estimate of drug-likeness (QED) is 0.585. The first-order chi connectivity index (χ1) is 9.74. The fourth-order valence-electron chi connectivity index (χ4n) is 1.99. The molecule has 0 radical (unpaired) electrons. The lowest BCUT2D eigenvalue weighted by atomic mass is 10.2. The van der Waals surface area contributed by atoms with E-state index in [2.05, 4.69) is 0 Å². The summed E-state index contributed by atoms with van der Waals surface area (Å²) in [5.41, 5.74) is 1.09. The lowest BCUT2D eigenvalue weighted by molar-refractivity contribution is 0.104. The minimum absolute atomic E-state index is 0.00440. The molecule has 1 aliphatic rings. The Labute approximate surface area is 120 Å². The van der Waals surface area contributed by atoms with Gasteiger partial charge in [-0.05, 0) is 24.1 Å². The van der Waals surface area contributed by atoms with Crippen LogP contribution >= 0.6 is 0 Å². The molecule has 0 saturated carbocycles. The number of hydrogen-bond acceptors (Lipinski definition) is 4. The number of aliphatic hydroxyl groups is 1. The van der Waals surface area contributed by atoms with E-state index in [0.29, 0.717) is 13.2 Å². The maximum atomic E-state index is 9.78. The summed E-state index contributed by atoms with van der Waals surface area (Å²) in [5.74, 6) is 0.838. The second-order valence-corrected chi connectivity index (χ2v) is 4.83. The number of ether oxygens (including phenoxy) is 3. The van der Waals surface area contributed by atoms with Crippen LogP contribution in [0, 0.1) is 0 Å². The van der Waals surface area contributed by atoms with E-state index in [9.17, 15) is 5.11 Å². The summed E-state index contributed by atoms with van der Waals surface area (Å²) < 4.78 is 16.1. The Morgan fingerprint density at radius 2 is 2.10 bits per heavy atom. The van der Waals surface area contributed by atoms with Crippen molar-refractivity contribution in [3.05, 3.63) is 42.0 Å². The minimum atomic E-state index is -0.524. The highest BCUT2D eigenvalue weighted by Gasteiger charge is 2.43. The molecule has 1 aliphatic heterocycles. The number of allylic oxidation sites excluding steroid dienone is 1. The van der Waals surface area contributed by atoms with Crippen molar-refractivity contribution in [3.63, 3.8) is 0 Å².